The fourth-order valence-corrected chi connectivity index (χ4v) is 4.02. The number of hydrogen-bond acceptors (Lipinski definition) is 5. The predicted octanol–water partition coefficient (Wildman–Crippen LogP) is 4.09. The summed E-state index contributed by atoms with van der Waals surface area (Å²) in [4.78, 5) is 30.6. The van der Waals surface area contributed by atoms with Crippen molar-refractivity contribution in [3.63, 3.8) is 0 Å². The Labute approximate surface area is 205 Å². The van der Waals surface area contributed by atoms with Gasteiger partial charge in [0.25, 0.3) is 11.8 Å². The minimum absolute atomic E-state index is 0.0296. The van der Waals surface area contributed by atoms with E-state index < -0.39 is 29.6 Å². The van der Waals surface area contributed by atoms with Gasteiger partial charge in [-0.05, 0) is 62.6 Å². The minimum atomic E-state index is -4.68. The zero-order valence-corrected chi connectivity index (χ0v) is 19.6. The van der Waals surface area contributed by atoms with Gasteiger partial charge in [-0.3, -0.25) is 9.59 Å². The van der Waals surface area contributed by atoms with Crippen LogP contribution < -0.4 is 5.32 Å². The van der Waals surface area contributed by atoms with Crippen molar-refractivity contribution in [1.82, 2.24) is 19.7 Å². The summed E-state index contributed by atoms with van der Waals surface area (Å²) in [5, 5.41) is 16.9. The van der Waals surface area contributed by atoms with Crippen LogP contribution in [0.25, 0.3) is 5.69 Å². The highest BCUT2D eigenvalue weighted by molar-refractivity contribution is 6.03. The number of anilines is 1. The third-order valence-corrected chi connectivity index (χ3v) is 5.82. The number of likely N-dealkylation sites (tertiary alicyclic amines) is 1. The van der Waals surface area contributed by atoms with Crippen LogP contribution >= 0.6 is 0 Å². The van der Waals surface area contributed by atoms with Crippen molar-refractivity contribution in [3.8, 4) is 5.69 Å². The molecule has 1 aromatic carbocycles. The van der Waals surface area contributed by atoms with Gasteiger partial charge in [0.2, 0.25) is 0 Å². The van der Waals surface area contributed by atoms with Crippen molar-refractivity contribution in [3.05, 3.63) is 71.3 Å². The highest BCUT2D eigenvalue weighted by Gasteiger charge is 2.33. The first-order valence-electron chi connectivity index (χ1n) is 11.6. The maximum atomic E-state index is 13.0. The summed E-state index contributed by atoms with van der Waals surface area (Å²) in [7, 11) is 0. The van der Waals surface area contributed by atoms with Crippen molar-refractivity contribution in [2.75, 3.05) is 18.4 Å². The Kier molecular flexibility index (Phi) is 7.39. The molecule has 0 spiro atoms. The van der Waals surface area contributed by atoms with Crippen LogP contribution in [0.5, 0.6) is 0 Å². The van der Waals surface area contributed by atoms with Gasteiger partial charge in [-0.1, -0.05) is 6.07 Å². The van der Waals surface area contributed by atoms with E-state index in [4.69, 9.17) is 0 Å². The number of piperidine rings is 1. The van der Waals surface area contributed by atoms with E-state index in [1.165, 1.54) is 16.9 Å². The van der Waals surface area contributed by atoms with E-state index in [0.717, 1.165) is 44.5 Å². The summed E-state index contributed by atoms with van der Waals surface area (Å²) in [6.07, 6.45) is -0.740. The number of rotatable bonds is 6. The quantitative estimate of drug-likeness (QED) is 0.530. The number of aliphatic hydroxyl groups is 1. The smallest absolute Gasteiger partial charge is 0.393 e. The van der Waals surface area contributed by atoms with Gasteiger partial charge in [0.15, 0.2) is 0 Å². The number of halogens is 3. The molecule has 2 aromatic heterocycles. The van der Waals surface area contributed by atoms with E-state index in [2.05, 4.69) is 15.4 Å². The third-order valence-electron chi connectivity index (χ3n) is 5.82. The number of alkyl halides is 3. The van der Waals surface area contributed by atoms with Crippen LogP contribution in [-0.2, 0) is 12.6 Å². The fraction of sp³-hybridized carbons (Fsp3) is 0.360. The van der Waals surface area contributed by atoms with Gasteiger partial charge in [-0.25, -0.2) is 9.67 Å². The predicted molar refractivity (Wildman–Crippen MR) is 126 cm³/mol. The molecule has 1 unspecified atom stereocenters. The van der Waals surface area contributed by atoms with Gasteiger partial charge < -0.3 is 15.3 Å². The summed E-state index contributed by atoms with van der Waals surface area (Å²) in [6.45, 7) is 3.04. The summed E-state index contributed by atoms with van der Waals surface area (Å²) in [6, 6.07) is 9.92. The van der Waals surface area contributed by atoms with E-state index in [9.17, 15) is 27.9 Å². The average molecular weight is 502 g/mol. The normalized spacial score (nSPS) is 15.0. The summed E-state index contributed by atoms with van der Waals surface area (Å²) in [5.41, 5.74) is 0.165. The lowest BCUT2D eigenvalue weighted by atomic mass is 10.1. The Bertz CT molecular complexity index is 1230. The molecule has 0 aliphatic carbocycles. The number of benzene rings is 1. The summed E-state index contributed by atoms with van der Waals surface area (Å²) < 4.78 is 40.4. The Hall–Kier alpha value is -3.73. The van der Waals surface area contributed by atoms with Crippen LogP contribution in [0, 0.1) is 0 Å². The number of aromatic nitrogens is 3. The number of aliphatic hydroxyl groups excluding tert-OH is 1. The molecular weight excluding hydrogens is 475 g/mol. The average Bonchev–Trinajstić information content (AvgIpc) is 3.25. The molecule has 11 heteroatoms. The number of hydrogen-bond donors (Lipinski definition) is 2. The molecule has 36 heavy (non-hydrogen) atoms. The van der Waals surface area contributed by atoms with Crippen molar-refractivity contribution < 1.29 is 27.9 Å². The van der Waals surface area contributed by atoms with Gasteiger partial charge >= 0.3 is 6.18 Å². The monoisotopic (exact) mass is 501 g/mol. The summed E-state index contributed by atoms with van der Waals surface area (Å²) >= 11 is 0. The van der Waals surface area contributed by atoms with Crippen LogP contribution in [0.4, 0.5) is 18.9 Å². The highest BCUT2D eigenvalue weighted by Crippen LogP contribution is 2.28. The second-order valence-electron chi connectivity index (χ2n) is 8.75. The van der Waals surface area contributed by atoms with E-state index in [0.29, 0.717) is 16.9 Å². The number of carbonyl (C=O) groups is 2. The van der Waals surface area contributed by atoms with Gasteiger partial charge in [0, 0.05) is 25.1 Å². The molecule has 1 aliphatic heterocycles. The van der Waals surface area contributed by atoms with E-state index in [-0.39, 0.29) is 18.0 Å². The first-order valence-corrected chi connectivity index (χ1v) is 11.6. The number of pyridine rings is 1. The SMILES string of the molecule is CC(O)Cc1nn(-c2ccc(C(=O)N3CCCCC3)cc2)cc1NC(=O)c1cccc(C(F)(F)F)n1. The van der Waals surface area contributed by atoms with Crippen LogP contribution in [0.3, 0.4) is 0 Å². The largest absolute Gasteiger partial charge is 0.433 e. The highest BCUT2D eigenvalue weighted by atomic mass is 19.4. The van der Waals surface area contributed by atoms with Gasteiger partial charge in [-0.2, -0.15) is 18.3 Å². The minimum Gasteiger partial charge on any atom is -0.393 e. The van der Waals surface area contributed by atoms with E-state index >= 15 is 0 Å². The Morgan fingerprint density at radius 1 is 1.08 bits per heavy atom. The van der Waals surface area contributed by atoms with Crippen molar-refractivity contribution in [2.24, 2.45) is 0 Å². The Morgan fingerprint density at radius 2 is 1.78 bits per heavy atom. The molecular formula is C25H26F3N5O3. The van der Waals surface area contributed by atoms with Crippen molar-refractivity contribution in [1.29, 1.82) is 0 Å². The van der Waals surface area contributed by atoms with Crippen LogP contribution in [0.15, 0.2) is 48.7 Å². The van der Waals surface area contributed by atoms with Crippen molar-refractivity contribution >= 4 is 17.5 Å². The van der Waals surface area contributed by atoms with E-state index in [1.54, 1.807) is 31.2 Å². The number of carbonyl (C=O) groups excluding carboxylic acids is 2. The van der Waals surface area contributed by atoms with Crippen LogP contribution in [0.1, 0.15) is 58.4 Å². The van der Waals surface area contributed by atoms with Crippen LogP contribution in [-0.4, -0.2) is 55.8 Å². The zero-order chi connectivity index (χ0) is 25.9. The fourth-order valence-electron chi connectivity index (χ4n) is 4.02. The lowest BCUT2D eigenvalue weighted by Gasteiger charge is -2.26. The molecule has 0 bridgehead atoms. The summed E-state index contributed by atoms with van der Waals surface area (Å²) in [5.74, 6) is -0.868. The Morgan fingerprint density at radius 3 is 2.42 bits per heavy atom. The maximum Gasteiger partial charge on any atom is 0.433 e. The second kappa shape index (κ2) is 10.5. The van der Waals surface area contributed by atoms with Gasteiger partial charge in [-0.15, -0.1) is 0 Å². The molecule has 3 heterocycles. The number of amides is 2. The molecule has 190 valence electrons. The first-order chi connectivity index (χ1) is 17.1. The lowest BCUT2D eigenvalue weighted by molar-refractivity contribution is -0.141. The number of nitrogens with zero attached hydrogens (tertiary/aromatic N) is 4. The molecule has 8 nitrogen and oxygen atoms in total. The second-order valence-corrected chi connectivity index (χ2v) is 8.75. The molecule has 2 N–H and O–H groups in total. The molecule has 1 atom stereocenters. The maximum absolute atomic E-state index is 13.0. The first kappa shape index (κ1) is 25.4. The molecule has 4 rings (SSSR count). The molecule has 1 fully saturated rings. The molecule has 3 aromatic rings. The van der Waals surface area contributed by atoms with Gasteiger partial charge in [0.1, 0.15) is 11.4 Å². The molecule has 0 radical (unpaired) electrons. The molecule has 1 aliphatic rings. The molecule has 1 saturated heterocycles. The third kappa shape index (κ3) is 5.91. The van der Waals surface area contributed by atoms with Crippen molar-refractivity contribution in [2.45, 2.75) is 44.9 Å². The van der Waals surface area contributed by atoms with Crippen LogP contribution in [0.2, 0.25) is 0 Å². The number of nitrogens with one attached hydrogen (secondary N) is 1. The zero-order valence-electron chi connectivity index (χ0n) is 19.6. The van der Waals surface area contributed by atoms with Gasteiger partial charge in [0.05, 0.1) is 29.4 Å². The topological polar surface area (TPSA) is 100 Å². The van der Waals surface area contributed by atoms with E-state index in [1.807, 2.05) is 4.90 Å². The lowest BCUT2D eigenvalue weighted by Crippen LogP contribution is -2.35. The Balaban J connectivity index is 1.56. The standard InChI is InChI=1S/C25H26F3N5O3/c1-16(34)14-20-21(30-23(35)19-6-5-7-22(29-19)25(26,27)28)15-33(31-20)18-10-8-17(9-11-18)24(36)32-12-3-2-4-13-32/h5-11,15-16,34H,2-4,12-14H2,1H3,(H,30,35). The molecule has 0 saturated carbocycles. The molecule has 2 amide bonds.